The molecular weight excluding hydrogens is 360 g/mol. The van der Waals surface area contributed by atoms with Crippen LogP contribution in [0.15, 0.2) is 60.7 Å². The predicted molar refractivity (Wildman–Crippen MR) is 117 cm³/mol. The molecular formula is C26H28O3. The van der Waals surface area contributed by atoms with Crippen LogP contribution in [0.4, 0.5) is 0 Å². The lowest BCUT2D eigenvalue weighted by molar-refractivity contribution is -0.138. The average Bonchev–Trinajstić information content (AvgIpc) is 3.55. The summed E-state index contributed by atoms with van der Waals surface area (Å²) in [6, 6.07) is 21.4. The Hall–Kier alpha value is -2.81. The minimum absolute atomic E-state index is 0.170. The van der Waals surface area contributed by atoms with E-state index in [1.165, 1.54) is 46.7 Å². The molecule has 0 amide bonds. The van der Waals surface area contributed by atoms with Crippen LogP contribution in [-0.4, -0.2) is 18.2 Å². The third-order valence-electron chi connectivity index (χ3n) is 6.10. The summed E-state index contributed by atoms with van der Waals surface area (Å²) in [5.74, 6) is 0.295. The molecule has 0 aromatic heterocycles. The van der Waals surface area contributed by atoms with Crippen LogP contribution < -0.4 is 4.74 Å². The molecule has 1 aliphatic rings. The summed E-state index contributed by atoms with van der Waals surface area (Å²) in [5, 5.41) is 11.6. The molecule has 2 unspecified atom stereocenters. The zero-order chi connectivity index (χ0) is 20.2. The Morgan fingerprint density at radius 2 is 1.79 bits per heavy atom. The van der Waals surface area contributed by atoms with Crippen LogP contribution in [0.1, 0.15) is 48.3 Å². The van der Waals surface area contributed by atoms with Crippen LogP contribution >= 0.6 is 0 Å². The third-order valence-corrected chi connectivity index (χ3v) is 6.10. The first-order valence-corrected chi connectivity index (χ1v) is 10.5. The van der Waals surface area contributed by atoms with Gasteiger partial charge in [-0.25, -0.2) is 0 Å². The van der Waals surface area contributed by atoms with Gasteiger partial charge in [-0.15, -0.1) is 0 Å². The molecule has 0 spiro atoms. The molecule has 1 aliphatic carbocycles. The van der Waals surface area contributed by atoms with Gasteiger partial charge >= 0.3 is 5.97 Å². The molecule has 4 rings (SSSR count). The number of rotatable bonds is 9. The molecule has 0 heterocycles. The summed E-state index contributed by atoms with van der Waals surface area (Å²) >= 11 is 0. The molecule has 3 aromatic rings. The van der Waals surface area contributed by atoms with Gasteiger partial charge in [0.05, 0.1) is 13.0 Å². The molecule has 3 aromatic carbocycles. The van der Waals surface area contributed by atoms with Crippen LogP contribution in [0.25, 0.3) is 10.8 Å². The fraction of sp³-hybridized carbons (Fsp3) is 0.346. The molecule has 29 heavy (non-hydrogen) atoms. The van der Waals surface area contributed by atoms with Gasteiger partial charge in [0.2, 0.25) is 0 Å². The van der Waals surface area contributed by atoms with Crippen molar-refractivity contribution in [2.24, 2.45) is 5.92 Å². The summed E-state index contributed by atoms with van der Waals surface area (Å²) in [5.41, 5.74) is 3.93. The van der Waals surface area contributed by atoms with Gasteiger partial charge in [0.25, 0.3) is 0 Å². The van der Waals surface area contributed by atoms with Crippen LogP contribution in [0.3, 0.4) is 0 Å². The lowest BCUT2D eigenvalue weighted by atomic mass is 9.98. The van der Waals surface area contributed by atoms with Crippen molar-refractivity contribution in [3.05, 3.63) is 77.4 Å². The maximum atomic E-state index is 11.0. The fourth-order valence-electron chi connectivity index (χ4n) is 4.26. The lowest BCUT2D eigenvalue weighted by Gasteiger charge is -2.08. The molecule has 0 saturated heterocycles. The number of carboxylic acids is 1. The summed E-state index contributed by atoms with van der Waals surface area (Å²) in [6.07, 6.45) is 6.54. The second kappa shape index (κ2) is 8.69. The van der Waals surface area contributed by atoms with Gasteiger partial charge < -0.3 is 9.84 Å². The normalized spacial score (nSPS) is 18.0. The number of hydrogen-bond acceptors (Lipinski definition) is 2. The van der Waals surface area contributed by atoms with Crippen LogP contribution in [-0.2, 0) is 17.6 Å². The molecule has 0 aliphatic heterocycles. The standard InChI is InChI=1S/C26H28O3/c1-29-22-14-15-23-19(8-5-9-21(23)16-22)7-4-2-3-6-18-10-12-20(13-11-18)24-17-25(24)26(27)28/h5,8-16,24-25H,2-4,6-7,17H2,1H3,(H,27,28). The number of unbranched alkanes of at least 4 members (excludes halogenated alkanes) is 2. The van der Waals surface area contributed by atoms with Gasteiger partial charge in [0, 0.05) is 0 Å². The van der Waals surface area contributed by atoms with Gasteiger partial charge in [0.15, 0.2) is 0 Å². The minimum atomic E-state index is -0.663. The van der Waals surface area contributed by atoms with E-state index in [0.717, 1.165) is 25.0 Å². The lowest BCUT2D eigenvalue weighted by Crippen LogP contribution is -1.99. The zero-order valence-corrected chi connectivity index (χ0v) is 16.9. The first-order chi connectivity index (χ1) is 14.2. The van der Waals surface area contributed by atoms with E-state index < -0.39 is 5.97 Å². The number of hydrogen-bond donors (Lipinski definition) is 1. The van der Waals surface area contributed by atoms with E-state index in [-0.39, 0.29) is 11.8 Å². The highest BCUT2D eigenvalue weighted by Crippen LogP contribution is 2.47. The van der Waals surface area contributed by atoms with Crippen molar-refractivity contribution in [1.82, 2.24) is 0 Å². The maximum absolute atomic E-state index is 11.0. The molecule has 0 bridgehead atoms. The molecule has 1 fully saturated rings. The smallest absolute Gasteiger partial charge is 0.307 e. The van der Waals surface area contributed by atoms with Crippen molar-refractivity contribution >= 4 is 16.7 Å². The van der Waals surface area contributed by atoms with Gasteiger partial charge in [0.1, 0.15) is 5.75 Å². The van der Waals surface area contributed by atoms with Crippen molar-refractivity contribution in [2.75, 3.05) is 7.11 Å². The molecule has 1 N–H and O–H groups in total. The molecule has 3 heteroatoms. The highest BCUT2D eigenvalue weighted by molar-refractivity contribution is 5.87. The van der Waals surface area contributed by atoms with E-state index in [2.05, 4.69) is 54.6 Å². The average molecular weight is 389 g/mol. The van der Waals surface area contributed by atoms with Gasteiger partial charge in [-0.1, -0.05) is 55.0 Å². The Morgan fingerprint density at radius 1 is 1.00 bits per heavy atom. The molecule has 2 atom stereocenters. The topological polar surface area (TPSA) is 46.5 Å². The summed E-state index contributed by atoms with van der Waals surface area (Å²) < 4.78 is 5.33. The molecule has 150 valence electrons. The van der Waals surface area contributed by atoms with Crippen molar-refractivity contribution in [3.8, 4) is 5.75 Å². The Balaban J connectivity index is 1.24. The van der Waals surface area contributed by atoms with E-state index >= 15 is 0 Å². The van der Waals surface area contributed by atoms with Crippen LogP contribution in [0.2, 0.25) is 0 Å². The predicted octanol–water partition coefficient (Wildman–Crippen LogP) is 5.99. The Bertz CT molecular complexity index is 991. The monoisotopic (exact) mass is 388 g/mol. The van der Waals surface area contributed by atoms with E-state index in [1.807, 2.05) is 6.07 Å². The number of aryl methyl sites for hydroxylation is 2. The molecule has 0 radical (unpaired) electrons. The highest BCUT2D eigenvalue weighted by Gasteiger charge is 2.43. The van der Waals surface area contributed by atoms with E-state index in [9.17, 15) is 4.79 Å². The number of fused-ring (bicyclic) bond motifs is 1. The summed E-state index contributed by atoms with van der Waals surface area (Å²) in [6.45, 7) is 0. The second-order valence-electron chi connectivity index (χ2n) is 8.09. The fourth-order valence-corrected chi connectivity index (χ4v) is 4.26. The van der Waals surface area contributed by atoms with Crippen molar-refractivity contribution < 1.29 is 14.6 Å². The van der Waals surface area contributed by atoms with Gasteiger partial charge in [-0.05, 0) is 77.6 Å². The van der Waals surface area contributed by atoms with Crippen molar-refractivity contribution in [2.45, 2.75) is 44.4 Å². The Kier molecular flexibility index (Phi) is 5.84. The summed E-state index contributed by atoms with van der Waals surface area (Å²) in [7, 11) is 1.71. The largest absolute Gasteiger partial charge is 0.497 e. The number of carboxylic acid groups (broad SMARTS) is 1. The number of methoxy groups -OCH3 is 1. The number of benzene rings is 3. The van der Waals surface area contributed by atoms with Gasteiger partial charge in [-0.2, -0.15) is 0 Å². The highest BCUT2D eigenvalue weighted by atomic mass is 16.5. The van der Waals surface area contributed by atoms with Crippen molar-refractivity contribution in [3.63, 3.8) is 0 Å². The second-order valence-corrected chi connectivity index (χ2v) is 8.09. The Morgan fingerprint density at radius 3 is 2.52 bits per heavy atom. The summed E-state index contributed by atoms with van der Waals surface area (Å²) in [4.78, 5) is 11.0. The van der Waals surface area contributed by atoms with Crippen molar-refractivity contribution in [1.29, 1.82) is 0 Å². The zero-order valence-electron chi connectivity index (χ0n) is 16.9. The SMILES string of the molecule is COc1ccc2c(CCCCCc3ccc(C4CC4C(=O)O)cc3)cccc2c1. The number of aliphatic carboxylic acids is 1. The minimum Gasteiger partial charge on any atom is -0.497 e. The maximum Gasteiger partial charge on any atom is 0.307 e. The number of ether oxygens (including phenoxy) is 1. The number of carbonyl (C=O) groups is 1. The van der Waals surface area contributed by atoms with E-state index in [0.29, 0.717) is 0 Å². The van der Waals surface area contributed by atoms with Crippen LogP contribution in [0.5, 0.6) is 5.75 Å². The first kappa shape index (κ1) is 19.5. The van der Waals surface area contributed by atoms with Gasteiger partial charge in [-0.3, -0.25) is 4.79 Å². The quantitative estimate of drug-likeness (QED) is 0.458. The van der Waals surface area contributed by atoms with E-state index in [4.69, 9.17) is 9.84 Å². The van der Waals surface area contributed by atoms with Crippen LogP contribution in [0, 0.1) is 5.92 Å². The Labute approximate surface area is 172 Å². The third kappa shape index (κ3) is 4.61. The first-order valence-electron chi connectivity index (χ1n) is 10.5. The molecule has 3 nitrogen and oxygen atoms in total. The van der Waals surface area contributed by atoms with E-state index in [1.54, 1.807) is 7.11 Å². The molecule has 1 saturated carbocycles.